The number of aryl methyl sites for hydroxylation is 2. The Kier molecular flexibility index (Phi) is 6.10. The molecule has 5 aromatic rings. The van der Waals surface area contributed by atoms with E-state index in [0.29, 0.717) is 30.0 Å². The van der Waals surface area contributed by atoms with Gasteiger partial charge in [0.2, 0.25) is 0 Å². The van der Waals surface area contributed by atoms with Gasteiger partial charge in [0.15, 0.2) is 0 Å². The van der Waals surface area contributed by atoms with E-state index in [2.05, 4.69) is 15.6 Å². The van der Waals surface area contributed by atoms with Crippen LogP contribution in [0.1, 0.15) is 30.0 Å². The van der Waals surface area contributed by atoms with Crippen molar-refractivity contribution in [2.45, 2.75) is 32.7 Å². The normalized spacial score (nSPS) is 13.0. The van der Waals surface area contributed by atoms with E-state index in [1.807, 2.05) is 24.3 Å². The van der Waals surface area contributed by atoms with Crippen molar-refractivity contribution < 1.29 is 4.39 Å². The van der Waals surface area contributed by atoms with Gasteiger partial charge in [0.1, 0.15) is 22.8 Å². The van der Waals surface area contributed by atoms with Gasteiger partial charge in [-0.1, -0.05) is 18.2 Å². The maximum atomic E-state index is 14.9. The largest absolute Gasteiger partial charge is 0.340 e. The first-order valence-electron chi connectivity index (χ1n) is 13.0. The predicted molar refractivity (Wildman–Crippen MR) is 154 cm³/mol. The van der Waals surface area contributed by atoms with Crippen LogP contribution in [0.2, 0.25) is 0 Å². The van der Waals surface area contributed by atoms with Crippen molar-refractivity contribution in [3.63, 3.8) is 0 Å². The number of halogens is 1. The van der Waals surface area contributed by atoms with E-state index >= 15 is 0 Å². The molecule has 0 radical (unpaired) electrons. The van der Waals surface area contributed by atoms with Gasteiger partial charge in [0.05, 0.1) is 16.9 Å². The number of benzene rings is 2. The fourth-order valence-electron chi connectivity index (χ4n) is 5.01. The minimum Gasteiger partial charge on any atom is -0.340 e. The number of fused-ring (bicyclic) bond motifs is 1. The highest BCUT2D eigenvalue weighted by molar-refractivity contribution is 5.93. The summed E-state index contributed by atoms with van der Waals surface area (Å²) in [5.74, 6) is 0.214. The predicted octanol–water partition coefficient (Wildman–Crippen LogP) is 4.82. The molecule has 202 valence electrons. The van der Waals surface area contributed by atoms with E-state index in [1.54, 1.807) is 50.4 Å². The standard InChI is InChI=1S/C30H27FN6O3/c1-17-10-13-23(22(31)15-17)34-27-25-26(18(2)28(38)35(27)3)36(30(40)37(29(25)39)20-11-12-20)21-8-6-7-19(16-21)33-24-9-4-5-14-32-24/h4-10,13-16,20,34H,11-12H2,1-3H3,(H,32,33). The molecule has 0 amide bonds. The first-order valence-corrected chi connectivity index (χ1v) is 13.0. The molecule has 0 unspecified atom stereocenters. The molecule has 0 atom stereocenters. The summed E-state index contributed by atoms with van der Waals surface area (Å²) in [5.41, 5.74) is 0.928. The smallest absolute Gasteiger partial charge is 0.336 e. The van der Waals surface area contributed by atoms with Gasteiger partial charge in [-0.2, -0.15) is 0 Å². The summed E-state index contributed by atoms with van der Waals surface area (Å²) in [6, 6.07) is 17.0. The second-order valence-electron chi connectivity index (χ2n) is 10.1. The molecule has 6 rings (SSSR count). The molecule has 1 saturated carbocycles. The lowest BCUT2D eigenvalue weighted by molar-refractivity contribution is 0.630. The Morgan fingerprint density at radius 1 is 0.925 bits per heavy atom. The van der Waals surface area contributed by atoms with Crippen molar-refractivity contribution in [1.82, 2.24) is 18.7 Å². The SMILES string of the molecule is Cc1ccc(Nc2c3c(=O)n(C4CC4)c(=O)n(-c4cccc(Nc5ccccn5)c4)c3c(C)c(=O)n2C)c(F)c1. The van der Waals surface area contributed by atoms with Crippen molar-refractivity contribution in [2.75, 3.05) is 10.6 Å². The van der Waals surface area contributed by atoms with Crippen LogP contribution in [-0.2, 0) is 7.05 Å². The van der Waals surface area contributed by atoms with Gasteiger partial charge >= 0.3 is 5.69 Å². The van der Waals surface area contributed by atoms with Crippen molar-refractivity contribution in [3.8, 4) is 5.69 Å². The first-order chi connectivity index (χ1) is 19.2. The summed E-state index contributed by atoms with van der Waals surface area (Å²) < 4.78 is 18.9. The van der Waals surface area contributed by atoms with Crippen molar-refractivity contribution in [2.24, 2.45) is 7.05 Å². The maximum Gasteiger partial charge on any atom is 0.336 e. The number of rotatable bonds is 6. The highest BCUT2D eigenvalue weighted by atomic mass is 19.1. The third kappa shape index (κ3) is 4.27. The van der Waals surface area contributed by atoms with Crippen LogP contribution in [-0.4, -0.2) is 18.7 Å². The molecular formula is C30H27FN6O3. The zero-order valence-electron chi connectivity index (χ0n) is 22.2. The average molecular weight is 539 g/mol. The zero-order valence-corrected chi connectivity index (χ0v) is 22.2. The van der Waals surface area contributed by atoms with E-state index in [-0.39, 0.29) is 34.0 Å². The van der Waals surface area contributed by atoms with Gasteiger partial charge in [-0.05, 0) is 74.7 Å². The summed E-state index contributed by atoms with van der Waals surface area (Å²) in [6.45, 7) is 3.36. The topological polar surface area (TPSA) is 103 Å². The summed E-state index contributed by atoms with van der Waals surface area (Å²) >= 11 is 0. The van der Waals surface area contributed by atoms with Crippen LogP contribution in [0.3, 0.4) is 0 Å². The lowest BCUT2D eigenvalue weighted by atomic mass is 10.1. The highest BCUT2D eigenvalue weighted by Gasteiger charge is 2.31. The summed E-state index contributed by atoms with van der Waals surface area (Å²) in [4.78, 5) is 45.7. The van der Waals surface area contributed by atoms with Crippen LogP contribution >= 0.6 is 0 Å². The molecule has 1 aliphatic rings. The molecule has 2 aromatic carbocycles. The lowest BCUT2D eigenvalue weighted by Gasteiger charge is -2.21. The Hall–Kier alpha value is -4.99. The second-order valence-corrected chi connectivity index (χ2v) is 10.1. The number of aromatic nitrogens is 4. The fourth-order valence-corrected chi connectivity index (χ4v) is 5.01. The summed E-state index contributed by atoms with van der Waals surface area (Å²) in [6.07, 6.45) is 3.06. The van der Waals surface area contributed by atoms with Crippen LogP contribution in [0, 0.1) is 19.7 Å². The number of hydrogen-bond acceptors (Lipinski definition) is 6. The molecular weight excluding hydrogens is 511 g/mol. The molecule has 40 heavy (non-hydrogen) atoms. The minimum atomic E-state index is -0.529. The van der Waals surface area contributed by atoms with Crippen LogP contribution in [0.25, 0.3) is 16.6 Å². The molecule has 1 aliphatic carbocycles. The van der Waals surface area contributed by atoms with Gasteiger partial charge in [-0.15, -0.1) is 0 Å². The lowest BCUT2D eigenvalue weighted by Crippen LogP contribution is -2.41. The summed E-state index contributed by atoms with van der Waals surface area (Å²) in [5, 5.41) is 6.34. The van der Waals surface area contributed by atoms with E-state index in [0.717, 1.165) is 5.56 Å². The number of nitrogens with one attached hydrogen (secondary N) is 2. The molecule has 3 aromatic heterocycles. The van der Waals surface area contributed by atoms with Crippen LogP contribution < -0.4 is 27.4 Å². The number of nitrogens with zero attached hydrogens (tertiary/aromatic N) is 4. The van der Waals surface area contributed by atoms with E-state index < -0.39 is 22.6 Å². The molecule has 0 spiro atoms. The molecule has 0 bridgehead atoms. The molecule has 3 heterocycles. The third-order valence-corrected chi connectivity index (χ3v) is 7.17. The Labute approximate surface area is 228 Å². The number of pyridine rings is 2. The van der Waals surface area contributed by atoms with E-state index in [4.69, 9.17) is 0 Å². The third-order valence-electron chi connectivity index (χ3n) is 7.17. The average Bonchev–Trinajstić information content (AvgIpc) is 3.77. The van der Waals surface area contributed by atoms with Crippen LogP contribution in [0.5, 0.6) is 0 Å². The number of anilines is 4. The van der Waals surface area contributed by atoms with Crippen LogP contribution in [0.15, 0.2) is 81.2 Å². The minimum absolute atomic E-state index is 0.113. The molecule has 0 aliphatic heterocycles. The van der Waals surface area contributed by atoms with E-state index in [9.17, 15) is 18.8 Å². The Morgan fingerprint density at radius 3 is 2.42 bits per heavy atom. The van der Waals surface area contributed by atoms with Gasteiger partial charge in [-0.3, -0.25) is 23.3 Å². The molecule has 0 saturated heterocycles. The summed E-state index contributed by atoms with van der Waals surface area (Å²) in [7, 11) is 1.52. The fraction of sp³-hybridized carbons (Fsp3) is 0.200. The second kappa shape index (κ2) is 9.64. The van der Waals surface area contributed by atoms with E-state index in [1.165, 1.54) is 26.8 Å². The van der Waals surface area contributed by atoms with Crippen molar-refractivity contribution in [3.05, 3.63) is 115 Å². The maximum absolute atomic E-state index is 14.9. The molecule has 1 fully saturated rings. The van der Waals surface area contributed by atoms with Crippen molar-refractivity contribution >= 4 is 33.9 Å². The Balaban J connectivity index is 1.65. The van der Waals surface area contributed by atoms with Gasteiger partial charge < -0.3 is 10.6 Å². The van der Waals surface area contributed by atoms with Crippen LogP contribution in [0.4, 0.5) is 27.4 Å². The quantitative estimate of drug-likeness (QED) is 0.321. The zero-order chi connectivity index (χ0) is 28.1. The highest BCUT2D eigenvalue weighted by Crippen LogP contribution is 2.34. The van der Waals surface area contributed by atoms with Gasteiger partial charge in [-0.25, -0.2) is 14.2 Å². The van der Waals surface area contributed by atoms with Gasteiger partial charge in [0.25, 0.3) is 11.1 Å². The van der Waals surface area contributed by atoms with Crippen molar-refractivity contribution in [1.29, 1.82) is 0 Å². The number of hydrogen-bond donors (Lipinski definition) is 2. The Morgan fingerprint density at radius 2 is 1.73 bits per heavy atom. The molecule has 10 heteroatoms. The first kappa shape index (κ1) is 25.3. The monoisotopic (exact) mass is 538 g/mol. The molecule has 2 N–H and O–H groups in total. The van der Waals surface area contributed by atoms with Gasteiger partial charge in [0, 0.05) is 30.5 Å². The Bertz CT molecular complexity index is 1970. The molecule has 9 nitrogen and oxygen atoms in total.